The van der Waals surface area contributed by atoms with Crippen molar-refractivity contribution in [1.82, 2.24) is 4.90 Å². The lowest BCUT2D eigenvalue weighted by Crippen LogP contribution is -2.41. The van der Waals surface area contributed by atoms with Crippen molar-refractivity contribution in [3.8, 4) is 5.75 Å². The monoisotopic (exact) mass is 561 g/mol. The first-order valence-corrected chi connectivity index (χ1v) is 14.5. The number of likely N-dealkylation sites (tertiary alicyclic amines) is 1. The van der Waals surface area contributed by atoms with Crippen molar-refractivity contribution in [2.45, 2.75) is 90.2 Å². The fourth-order valence-electron chi connectivity index (χ4n) is 4.91. The van der Waals surface area contributed by atoms with Gasteiger partial charge >= 0.3 is 21.7 Å². The summed E-state index contributed by atoms with van der Waals surface area (Å²) in [4.78, 5) is 14.1. The first-order chi connectivity index (χ1) is 17.6. The van der Waals surface area contributed by atoms with Crippen LogP contribution >= 0.6 is 0 Å². The summed E-state index contributed by atoms with van der Waals surface area (Å²) in [6.07, 6.45) is 3.44. The number of hydrogen-bond acceptors (Lipinski definition) is 6. The van der Waals surface area contributed by atoms with Gasteiger partial charge in [0, 0.05) is 25.1 Å². The van der Waals surface area contributed by atoms with Crippen molar-refractivity contribution >= 4 is 16.2 Å². The Kier molecular flexibility index (Phi) is 9.32. The quantitative estimate of drug-likeness (QED) is 0.273. The van der Waals surface area contributed by atoms with Gasteiger partial charge in [-0.1, -0.05) is 19.9 Å². The Morgan fingerprint density at radius 2 is 1.76 bits per heavy atom. The van der Waals surface area contributed by atoms with Gasteiger partial charge < -0.3 is 18.6 Å². The standard InChI is InChI=1S/C27H38F3NO6S/c1-6-19-16-21(10-11-22(19)20-12-14-31(15-13-20)25(32)36-26(3,4)5)35-17-23-18(2)8-7-9-24(23)37-38(33,34)27(28,29)30/h10-11,16,18,20H,6-9,12-15,17H2,1-5H3. The molecule has 0 radical (unpaired) electrons. The number of rotatable bonds is 7. The smallest absolute Gasteiger partial charge is 0.489 e. The number of carbonyl (C=O) groups excluding carboxylic acids is 1. The van der Waals surface area contributed by atoms with Crippen LogP contribution in [0.5, 0.6) is 5.75 Å². The predicted molar refractivity (Wildman–Crippen MR) is 137 cm³/mol. The largest absolute Gasteiger partial charge is 0.534 e. The summed E-state index contributed by atoms with van der Waals surface area (Å²) in [5, 5.41) is 0. The van der Waals surface area contributed by atoms with Crippen molar-refractivity contribution in [2.75, 3.05) is 19.7 Å². The minimum absolute atomic E-state index is 0.0549. The number of nitrogens with zero attached hydrogens (tertiary/aromatic N) is 1. The second-order valence-corrected chi connectivity index (χ2v) is 12.5. The van der Waals surface area contributed by atoms with Gasteiger partial charge in [0.15, 0.2) is 0 Å². The number of aryl methyl sites for hydroxylation is 1. The molecule has 0 spiro atoms. The lowest BCUT2D eigenvalue weighted by Gasteiger charge is -2.34. The van der Waals surface area contributed by atoms with E-state index in [0.29, 0.717) is 37.3 Å². The Labute approximate surface area is 223 Å². The number of alkyl halides is 3. The maximum absolute atomic E-state index is 12.9. The fraction of sp³-hybridized carbons (Fsp3) is 0.667. The second-order valence-electron chi connectivity index (χ2n) is 11.0. The van der Waals surface area contributed by atoms with Crippen molar-refractivity contribution in [3.63, 3.8) is 0 Å². The maximum Gasteiger partial charge on any atom is 0.534 e. The molecular formula is C27H38F3NO6S. The van der Waals surface area contributed by atoms with Gasteiger partial charge in [-0.05, 0) is 88.0 Å². The first-order valence-electron chi connectivity index (χ1n) is 13.1. The summed E-state index contributed by atoms with van der Waals surface area (Å²) in [7, 11) is -5.73. The third-order valence-electron chi connectivity index (χ3n) is 6.96. The molecule has 0 saturated carbocycles. The highest BCUT2D eigenvalue weighted by atomic mass is 32.2. The molecule has 1 aliphatic heterocycles. The number of halogens is 3. The van der Waals surface area contributed by atoms with E-state index in [2.05, 4.69) is 4.18 Å². The van der Waals surface area contributed by atoms with Crippen LogP contribution in [0.1, 0.15) is 83.8 Å². The Morgan fingerprint density at radius 1 is 1.11 bits per heavy atom. The van der Waals surface area contributed by atoms with Crippen LogP contribution in [0.4, 0.5) is 18.0 Å². The molecule has 7 nitrogen and oxygen atoms in total. The predicted octanol–water partition coefficient (Wildman–Crippen LogP) is 6.68. The van der Waals surface area contributed by atoms with E-state index in [1.165, 1.54) is 5.56 Å². The summed E-state index contributed by atoms with van der Waals surface area (Å²) in [5.74, 6) is 0.499. The topological polar surface area (TPSA) is 82.1 Å². The SMILES string of the molecule is CCc1cc(OCC2=C(OS(=O)(=O)C(F)(F)F)CCCC2C)ccc1C1CCN(C(=O)OC(C)(C)C)CC1. The Morgan fingerprint density at radius 3 is 2.34 bits per heavy atom. The van der Waals surface area contributed by atoms with Gasteiger partial charge in [0.2, 0.25) is 0 Å². The minimum atomic E-state index is -5.73. The summed E-state index contributed by atoms with van der Waals surface area (Å²) >= 11 is 0. The molecule has 0 bridgehead atoms. The Bertz CT molecular complexity index is 1130. The summed E-state index contributed by atoms with van der Waals surface area (Å²) < 4.78 is 77.7. The van der Waals surface area contributed by atoms with Crippen LogP contribution in [0.2, 0.25) is 0 Å². The summed E-state index contributed by atoms with van der Waals surface area (Å²) in [6.45, 7) is 10.6. The Hall–Kier alpha value is -2.43. The van der Waals surface area contributed by atoms with Crippen LogP contribution in [0.15, 0.2) is 29.5 Å². The van der Waals surface area contributed by atoms with E-state index in [-0.39, 0.29) is 36.7 Å². The average molecular weight is 562 g/mol. The average Bonchev–Trinajstić information content (AvgIpc) is 2.81. The molecule has 1 heterocycles. The van der Waals surface area contributed by atoms with Crippen LogP contribution in [-0.2, 0) is 25.5 Å². The zero-order valence-electron chi connectivity index (χ0n) is 22.7. The number of carbonyl (C=O) groups is 1. The zero-order valence-corrected chi connectivity index (χ0v) is 23.5. The van der Waals surface area contributed by atoms with E-state index in [0.717, 1.165) is 24.8 Å². The second kappa shape index (κ2) is 11.8. The molecule has 1 amide bonds. The van der Waals surface area contributed by atoms with Gasteiger partial charge in [-0.25, -0.2) is 4.79 Å². The number of piperidine rings is 1. The molecular weight excluding hydrogens is 523 g/mol. The molecule has 1 atom stereocenters. The van der Waals surface area contributed by atoms with Crippen LogP contribution in [0.25, 0.3) is 0 Å². The fourth-order valence-corrected chi connectivity index (χ4v) is 5.46. The molecule has 0 aromatic heterocycles. The first kappa shape index (κ1) is 30.1. The van der Waals surface area contributed by atoms with Crippen LogP contribution in [0.3, 0.4) is 0 Å². The van der Waals surface area contributed by atoms with Crippen molar-refractivity contribution in [2.24, 2.45) is 5.92 Å². The van der Waals surface area contributed by atoms with E-state index >= 15 is 0 Å². The molecule has 1 aliphatic carbocycles. The van der Waals surface area contributed by atoms with E-state index in [4.69, 9.17) is 9.47 Å². The van der Waals surface area contributed by atoms with Gasteiger partial charge in [0.05, 0.1) is 0 Å². The highest BCUT2D eigenvalue weighted by Gasteiger charge is 2.49. The van der Waals surface area contributed by atoms with Gasteiger partial charge in [0.1, 0.15) is 23.7 Å². The molecule has 38 heavy (non-hydrogen) atoms. The molecule has 1 unspecified atom stereocenters. The zero-order chi connectivity index (χ0) is 28.3. The molecule has 214 valence electrons. The van der Waals surface area contributed by atoms with Crippen LogP contribution in [0, 0.1) is 5.92 Å². The molecule has 3 rings (SSSR count). The minimum Gasteiger partial charge on any atom is -0.489 e. The Balaban J connectivity index is 1.69. The molecule has 11 heteroatoms. The van der Waals surface area contributed by atoms with E-state index in [1.54, 1.807) is 4.90 Å². The number of ether oxygens (including phenoxy) is 2. The third-order valence-corrected chi connectivity index (χ3v) is 7.95. The van der Waals surface area contributed by atoms with E-state index < -0.39 is 21.2 Å². The number of benzene rings is 1. The third kappa shape index (κ3) is 7.57. The summed E-state index contributed by atoms with van der Waals surface area (Å²) in [6, 6.07) is 5.76. The highest BCUT2D eigenvalue weighted by molar-refractivity contribution is 7.87. The van der Waals surface area contributed by atoms with Crippen molar-refractivity contribution in [1.29, 1.82) is 0 Å². The lowest BCUT2D eigenvalue weighted by atomic mass is 9.85. The molecule has 1 aromatic carbocycles. The van der Waals surface area contributed by atoms with Gasteiger partial charge in [-0.15, -0.1) is 0 Å². The molecule has 1 aromatic rings. The summed E-state index contributed by atoms with van der Waals surface area (Å²) in [5.41, 5.74) is -3.30. The normalized spacial score (nSPS) is 19.9. The van der Waals surface area contributed by atoms with E-state index in [1.807, 2.05) is 52.8 Å². The lowest BCUT2D eigenvalue weighted by molar-refractivity contribution is -0.0525. The maximum atomic E-state index is 12.9. The van der Waals surface area contributed by atoms with E-state index in [9.17, 15) is 26.4 Å². The van der Waals surface area contributed by atoms with Crippen molar-refractivity contribution < 1.29 is 40.0 Å². The number of allylic oxidation sites excluding steroid dienone is 1. The number of amides is 1. The molecule has 1 saturated heterocycles. The van der Waals surface area contributed by atoms with Gasteiger partial charge in [-0.2, -0.15) is 21.6 Å². The molecule has 1 fully saturated rings. The van der Waals surface area contributed by atoms with Gasteiger partial charge in [0.25, 0.3) is 0 Å². The van der Waals surface area contributed by atoms with Crippen molar-refractivity contribution in [3.05, 3.63) is 40.7 Å². The highest BCUT2D eigenvalue weighted by Crippen LogP contribution is 2.37. The number of hydrogen-bond donors (Lipinski definition) is 0. The molecule has 2 aliphatic rings. The van der Waals surface area contributed by atoms with Gasteiger partial charge in [-0.3, -0.25) is 0 Å². The molecule has 0 N–H and O–H groups in total. The van der Waals surface area contributed by atoms with Crippen LogP contribution in [-0.4, -0.2) is 50.2 Å². The van der Waals surface area contributed by atoms with Crippen LogP contribution < -0.4 is 4.74 Å².